The van der Waals surface area contributed by atoms with Crippen LogP contribution >= 0.6 is 11.6 Å². The smallest absolute Gasteiger partial charge is 0.254 e. The highest BCUT2D eigenvalue weighted by molar-refractivity contribution is 7.89. The number of carbonyl (C=O) groups is 1. The third kappa shape index (κ3) is 5.40. The second-order valence-corrected chi connectivity index (χ2v) is 11.1. The fourth-order valence-corrected chi connectivity index (χ4v) is 5.66. The predicted molar refractivity (Wildman–Crippen MR) is 126 cm³/mol. The number of benzene rings is 2. The van der Waals surface area contributed by atoms with E-state index in [1.165, 1.54) is 28.9 Å². The minimum absolute atomic E-state index is 0.0797. The molecule has 1 aliphatic heterocycles. The number of halogens is 1. The molecule has 0 radical (unpaired) electrons. The molecule has 1 fully saturated rings. The number of rotatable bonds is 4. The zero-order valence-electron chi connectivity index (χ0n) is 18.7. The van der Waals surface area contributed by atoms with Crippen molar-refractivity contribution in [1.29, 1.82) is 0 Å². The first kappa shape index (κ1) is 23.6. The highest BCUT2D eigenvalue weighted by atomic mass is 35.5. The van der Waals surface area contributed by atoms with E-state index in [9.17, 15) is 13.2 Å². The van der Waals surface area contributed by atoms with E-state index in [1.807, 2.05) is 0 Å². The number of carbonyl (C=O) groups excluding carboxylic acids is 1. The van der Waals surface area contributed by atoms with Crippen molar-refractivity contribution in [1.82, 2.24) is 9.62 Å². The summed E-state index contributed by atoms with van der Waals surface area (Å²) in [5.74, 6) is -0.190. The molecular weight excluding hydrogens is 434 g/mol. The number of piperazine rings is 1. The average Bonchev–Trinajstić information content (AvgIpc) is 2.68. The molecule has 1 N–H and O–H groups in total. The Morgan fingerprint density at radius 2 is 1.68 bits per heavy atom. The SMILES string of the molecule is Cc1cccc(N2CCN(C(=O)c3ccc(Cl)c(S(=O)(=O)NC(C)(C)C)c3)CC2)c1C. The molecule has 8 heteroatoms. The van der Waals surface area contributed by atoms with Crippen molar-refractivity contribution in [2.24, 2.45) is 0 Å². The van der Waals surface area contributed by atoms with Crippen molar-refractivity contribution in [2.75, 3.05) is 31.1 Å². The van der Waals surface area contributed by atoms with Gasteiger partial charge in [0.2, 0.25) is 10.0 Å². The average molecular weight is 464 g/mol. The Morgan fingerprint density at radius 3 is 2.29 bits per heavy atom. The molecule has 3 rings (SSSR count). The van der Waals surface area contributed by atoms with Gasteiger partial charge in [-0.3, -0.25) is 4.79 Å². The lowest BCUT2D eigenvalue weighted by molar-refractivity contribution is 0.0746. The van der Waals surface area contributed by atoms with Crippen LogP contribution in [-0.4, -0.2) is 50.9 Å². The fraction of sp³-hybridized carbons (Fsp3) is 0.435. The molecule has 0 spiro atoms. The maximum Gasteiger partial charge on any atom is 0.254 e. The molecule has 0 bridgehead atoms. The summed E-state index contributed by atoms with van der Waals surface area (Å²) >= 11 is 6.16. The van der Waals surface area contributed by atoms with Gasteiger partial charge < -0.3 is 9.80 Å². The van der Waals surface area contributed by atoms with Crippen LogP contribution in [0.3, 0.4) is 0 Å². The second kappa shape index (κ2) is 8.81. The van der Waals surface area contributed by atoms with E-state index in [0.29, 0.717) is 18.7 Å². The largest absolute Gasteiger partial charge is 0.368 e. The summed E-state index contributed by atoms with van der Waals surface area (Å²) in [6.07, 6.45) is 0. The van der Waals surface area contributed by atoms with Crippen molar-refractivity contribution in [3.8, 4) is 0 Å². The summed E-state index contributed by atoms with van der Waals surface area (Å²) in [7, 11) is -3.85. The molecular formula is C23H30ClN3O3S. The first-order valence-electron chi connectivity index (χ1n) is 10.3. The van der Waals surface area contributed by atoms with Crippen LogP contribution in [-0.2, 0) is 10.0 Å². The summed E-state index contributed by atoms with van der Waals surface area (Å²) in [5.41, 5.74) is 3.35. The molecule has 1 saturated heterocycles. The lowest BCUT2D eigenvalue weighted by Crippen LogP contribution is -2.49. The van der Waals surface area contributed by atoms with Gasteiger partial charge in [-0.2, -0.15) is 0 Å². The number of anilines is 1. The summed E-state index contributed by atoms with van der Waals surface area (Å²) in [6, 6.07) is 10.7. The van der Waals surface area contributed by atoms with Gasteiger partial charge in [0.15, 0.2) is 0 Å². The number of hydrogen-bond donors (Lipinski definition) is 1. The molecule has 1 amide bonds. The molecule has 168 valence electrons. The van der Waals surface area contributed by atoms with Crippen LogP contribution in [0.25, 0.3) is 0 Å². The summed E-state index contributed by atoms with van der Waals surface area (Å²) in [5, 5.41) is 0.0908. The summed E-state index contributed by atoms with van der Waals surface area (Å²) in [4.78, 5) is 17.1. The number of amides is 1. The molecule has 0 aliphatic carbocycles. The molecule has 2 aromatic rings. The minimum atomic E-state index is -3.85. The van der Waals surface area contributed by atoms with E-state index in [1.54, 1.807) is 31.7 Å². The van der Waals surface area contributed by atoms with Crippen LogP contribution in [0.4, 0.5) is 5.69 Å². The van der Waals surface area contributed by atoms with Crippen molar-refractivity contribution >= 4 is 33.2 Å². The first-order chi connectivity index (χ1) is 14.4. The van der Waals surface area contributed by atoms with Crippen LogP contribution in [0.5, 0.6) is 0 Å². The number of nitrogens with one attached hydrogen (secondary N) is 1. The Labute approximate surface area is 190 Å². The Kier molecular flexibility index (Phi) is 6.69. The van der Waals surface area contributed by atoms with Gasteiger partial charge in [0.05, 0.1) is 5.02 Å². The van der Waals surface area contributed by atoms with Crippen molar-refractivity contribution in [3.63, 3.8) is 0 Å². The molecule has 0 aromatic heterocycles. The second-order valence-electron chi connectivity index (χ2n) is 9.00. The van der Waals surface area contributed by atoms with Gasteiger partial charge in [-0.1, -0.05) is 23.7 Å². The van der Waals surface area contributed by atoms with Crippen LogP contribution in [0, 0.1) is 13.8 Å². The van der Waals surface area contributed by atoms with Gasteiger partial charge in [-0.15, -0.1) is 0 Å². The monoisotopic (exact) mass is 463 g/mol. The van der Waals surface area contributed by atoms with Gasteiger partial charge in [-0.25, -0.2) is 13.1 Å². The van der Waals surface area contributed by atoms with Gasteiger partial charge >= 0.3 is 0 Å². The normalized spacial score (nSPS) is 15.3. The Morgan fingerprint density at radius 1 is 1.03 bits per heavy atom. The van der Waals surface area contributed by atoms with Gasteiger partial charge in [0.25, 0.3) is 5.91 Å². The van der Waals surface area contributed by atoms with E-state index in [0.717, 1.165) is 13.1 Å². The van der Waals surface area contributed by atoms with E-state index in [4.69, 9.17) is 11.6 Å². The van der Waals surface area contributed by atoms with Crippen molar-refractivity contribution in [2.45, 2.75) is 45.1 Å². The molecule has 31 heavy (non-hydrogen) atoms. The van der Waals surface area contributed by atoms with E-state index in [2.05, 4.69) is 41.7 Å². The topological polar surface area (TPSA) is 69.7 Å². The summed E-state index contributed by atoms with van der Waals surface area (Å²) < 4.78 is 28.1. The van der Waals surface area contributed by atoms with E-state index in [-0.39, 0.29) is 15.8 Å². The summed E-state index contributed by atoms with van der Waals surface area (Å²) in [6.45, 7) is 12.0. The van der Waals surface area contributed by atoms with E-state index >= 15 is 0 Å². The molecule has 6 nitrogen and oxygen atoms in total. The van der Waals surface area contributed by atoms with Gasteiger partial charge in [-0.05, 0) is 70.0 Å². The van der Waals surface area contributed by atoms with Gasteiger partial charge in [0.1, 0.15) is 4.90 Å². The Balaban J connectivity index is 1.76. The first-order valence-corrected chi connectivity index (χ1v) is 12.2. The molecule has 0 saturated carbocycles. The number of sulfonamides is 1. The molecule has 2 aromatic carbocycles. The highest BCUT2D eigenvalue weighted by Crippen LogP contribution is 2.26. The minimum Gasteiger partial charge on any atom is -0.368 e. The predicted octanol–water partition coefficient (Wildman–Crippen LogP) is 4.00. The number of hydrogen-bond acceptors (Lipinski definition) is 4. The number of aryl methyl sites for hydroxylation is 1. The quantitative estimate of drug-likeness (QED) is 0.744. The lowest BCUT2D eigenvalue weighted by atomic mass is 10.1. The van der Waals surface area contributed by atoms with Crippen LogP contribution < -0.4 is 9.62 Å². The third-order valence-corrected chi connectivity index (χ3v) is 7.63. The fourth-order valence-electron chi connectivity index (χ4n) is 3.71. The maximum atomic E-state index is 13.1. The zero-order chi connectivity index (χ0) is 23.0. The van der Waals surface area contributed by atoms with Gasteiger partial charge in [0, 0.05) is 43.0 Å². The van der Waals surface area contributed by atoms with Crippen LogP contribution in [0.15, 0.2) is 41.3 Å². The maximum absolute atomic E-state index is 13.1. The highest BCUT2D eigenvalue weighted by Gasteiger charge is 2.28. The van der Waals surface area contributed by atoms with Crippen molar-refractivity contribution < 1.29 is 13.2 Å². The lowest BCUT2D eigenvalue weighted by Gasteiger charge is -2.37. The molecule has 0 atom stereocenters. The standard InChI is InChI=1S/C23H30ClN3O3S/c1-16-7-6-8-20(17(16)2)26-11-13-27(14-12-26)22(28)18-9-10-19(24)21(15-18)31(29,30)25-23(3,4)5/h6-10,15,25H,11-14H2,1-5H3. The van der Waals surface area contributed by atoms with E-state index < -0.39 is 15.6 Å². The Hall–Kier alpha value is -2.09. The molecule has 0 unspecified atom stereocenters. The third-order valence-electron chi connectivity index (χ3n) is 5.39. The molecule has 1 heterocycles. The van der Waals surface area contributed by atoms with Crippen LogP contribution in [0.2, 0.25) is 5.02 Å². The number of nitrogens with zero attached hydrogens (tertiary/aromatic N) is 2. The van der Waals surface area contributed by atoms with Crippen molar-refractivity contribution in [3.05, 3.63) is 58.1 Å². The zero-order valence-corrected chi connectivity index (χ0v) is 20.3. The van der Waals surface area contributed by atoms with Crippen LogP contribution in [0.1, 0.15) is 42.3 Å². The Bertz CT molecular complexity index is 1090. The molecule has 1 aliphatic rings.